The minimum atomic E-state index is -0.160. The second-order valence-electron chi connectivity index (χ2n) is 6.05. The van der Waals surface area contributed by atoms with E-state index in [1.165, 1.54) is 24.8 Å². The smallest absolute Gasteiger partial charge is 0.123 e. The Hall–Kier alpha value is -0.930. The van der Waals surface area contributed by atoms with Crippen molar-refractivity contribution in [3.05, 3.63) is 35.6 Å². The fourth-order valence-electron chi connectivity index (χ4n) is 2.95. The monoisotopic (exact) mass is 293 g/mol. The van der Waals surface area contributed by atoms with E-state index in [9.17, 15) is 4.39 Å². The average molecular weight is 293 g/mol. The predicted octanol–water partition coefficient (Wildman–Crippen LogP) is 4.09. The molecule has 0 radical (unpaired) electrons. The van der Waals surface area contributed by atoms with Crippen LogP contribution in [0.1, 0.15) is 51.0 Å². The fraction of sp³-hybridized carbons (Fsp3) is 0.667. The van der Waals surface area contributed by atoms with Crippen LogP contribution in [0.3, 0.4) is 0 Å². The molecule has 1 saturated heterocycles. The van der Waals surface area contributed by atoms with Gasteiger partial charge in [0.2, 0.25) is 0 Å². The first kappa shape index (κ1) is 16.4. The summed E-state index contributed by atoms with van der Waals surface area (Å²) in [6.07, 6.45) is 8.52. The van der Waals surface area contributed by atoms with Gasteiger partial charge < -0.3 is 10.1 Å². The maximum atomic E-state index is 13.0. The van der Waals surface area contributed by atoms with Gasteiger partial charge in [0.1, 0.15) is 5.82 Å². The molecule has 1 aromatic rings. The van der Waals surface area contributed by atoms with Crippen LogP contribution >= 0.6 is 0 Å². The summed E-state index contributed by atoms with van der Waals surface area (Å²) in [5.41, 5.74) is 1.20. The number of hydrogen-bond donors (Lipinski definition) is 1. The normalized spacial score (nSPS) is 20.4. The third-order valence-corrected chi connectivity index (χ3v) is 4.19. The van der Waals surface area contributed by atoms with E-state index in [1.807, 2.05) is 12.1 Å². The van der Waals surface area contributed by atoms with Crippen molar-refractivity contribution < 1.29 is 9.13 Å². The van der Waals surface area contributed by atoms with E-state index in [0.29, 0.717) is 12.1 Å². The van der Waals surface area contributed by atoms with Gasteiger partial charge in [-0.15, -0.1) is 0 Å². The molecule has 0 aliphatic carbocycles. The Kier molecular flexibility index (Phi) is 7.17. The Labute approximate surface area is 128 Å². The lowest BCUT2D eigenvalue weighted by Crippen LogP contribution is -2.33. The molecule has 2 rings (SSSR count). The molecule has 21 heavy (non-hydrogen) atoms. The van der Waals surface area contributed by atoms with Gasteiger partial charge in [-0.25, -0.2) is 4.39 Å². The zero-order valence-electron chi connectivity index (χ0n) is 13.1. The highest BCUT2D eigenvalue weighted by atomic mass is 19.1. The predicted molar refractivity (Wildman–Crippen MR) is 85.0 cm³/mol. The first-order valence-corrected chi connectivity index (χ1v) is 8.37. The summed E-state index contributed by atoms with van der Waals surface area (Å²) < 4.78 is 18.8. The highest BCUT2D eigenvalue weighted by Gasteiger charge is 2.16. The van der Waals surface area contributed by atoms with Crippen molar-refractivity contribution in [3.63, 3.8) is 0 Å². The molecule has 1 fully saturated rings. The molecule has 0 saturated carbocycles. The van der Waals surface area contributed by atoms with Gasteiger partial charge in [-0.05, 0) is 69.2 Å². The molecule has 0 bridgehead atoms. The van der Waals surface area contributed by atoms with Crippen LogP contribution < -0.4 is 5.32 Å². The van der Waals surface area contributed by atoms with Gasteiger partial charge in [-0.1, -0.05) is 19.1 Å². The second-order valence-corrected chi connectivity index (χ2v) is 6.05. The van der Waals surface area contributed by atoms with Crippen LogP contribution in [0.15, 0.2) is 24.3 Å². The van der Waals surface area contributed by atoms with Gasteiger partial charge in [0.25, 0.3) is 0 Å². The van der Waals surface area contributed by atoms with E-state index in [4.69, 9.17) is 4.74 Å². The zero-order valence-corrected chi connectivity index (χ0v) is 13.1. The summed E-state index contributed by atoms with van der Waals surface area (Å²) >= 11 is 0. The third-order valence-electron chi connectivity index (χ3n) is 4.19. The van der Waals surface area contributed by atoms with Crippen molar-refractivity contribution in [2.45, 2.75) is 64.0 Å². The Balaban J connectivity index is 1.82. The molecule has 2 atom stereocenters. The number of benzene rings is 1. The number of rotatable bonds is 8. The molecule has 3 heteroatoms. The summed E-state index contributed by atoms with van der Waals surface area (Å²) in [6, 6.07) is 7.36. The van der Waals surface area contributed by atoms with E-state index in [2.05, 4.69) is 12.2 Å². The van der Waals surface area contributed by atoms with Gasteiger partial charge in [-0.3, -0.25) is 0 Å². The molecule has 1 aliphatic heterocycles. The van der Waals surface area contributed by atoms with Crippen molar-refractivity contribution in [2.75, 3.05) is 13.2 Å². The molecule has 0 aromatic heterocycles. The minimum absolute atomic E-state index is 0.160. The first-order chi connectivity index (χ1) is 10.3. The fourth-order valence-corrected chi connectivity index (χ4v) is 2.95. The average Bonchev–Trinajstić information content (AvgIpc) is 2.53. The van der Waals surface area contributed by atoms with Gasteiger partial charge in [-0.2, -0.15) is 0 Å². The van der Waals surface area contributed by atoms with Crippen LogP contribution in [0.5, 0.6) is 0 Å². The molecule has 0 spiro atoms. The van der Waals surface area contributed by atoms with Crippen molar-refractivity contribution in [1.29, 1.82) is 0 Å². The molecular weight excluding hydrogens is 265 g/mol. The molecule has 1 aromatic carbocycles. The number of ether oxygens (including phenoxy) is 1. The number of halogens is 1. The molecule has 2 nitrogen and oxygen atoms in total. The van der Waals surface area contributed by atoms with E-state index in [0.717, 1.165) is 38.8 Å². The highest BCUT2D eigenvalue weighted by Crippen LogP contribution is 2.19. The molecule has 0 amide bonds. The summed E-state index contributed by atoms with van der Waals surface area (Å²) in [5, 5.41) is 3.62. The lowest BCUT2D eigenvalue weighted by molar-refractivity contribution is 0.00858. The number of nitrogens with one attached hydrogen (secondary N) is 1. The summed E-state index contributed by atoms with van der Waals surface area (Å²) in [7, 11) is 0. The van der Waals surface area contributed by atoms with Crippen LogP contribution in [-0.2, 0) is 11.2 Å². The van der Waals surface area contributed by atoms with Crippen LogP contribution in [0.25, 0.3) is 0 Å². The standard InChI is InChI=1S/C18H28FNO/c1-2-12-20-17(10-11-18-5-3-4-13-21-18)14-15-6-8-16(19)9-7-15/h6-9,17-18,20H,2-5,10-14H2,1H3. The molecule has 118 valence electrons. The van der Waals surface area contributed by atoms with Crippen LogP contribution in [0, 0.1) is 5.82 Å². The molecular formula is C18H28FNO. The quantitative estimate of drug-likeness (QED) is 0.779. The Bertz CT molecular complexity index is 387. The summed E-state index contributed by atoms with van der Waals surface area (Å²) in [6.45, 7) is 4.15. The van der Waals surface area contributed by atoms with Crippen LogP contribution in [0.4, 0.5) is 4.39 Å². The summed E-state index contributed by atoms with van der Waals surface area (Å²) in [4.78, 5) is 0. The Morgan fingerprint density at radius 1 is 1.29 bits per heavy atom. The van der Waals surface area contributed by atoms with E-state index >= 15 is 0 Å². The van der Waals surface area contributed by atoms with Crippen molar-refractivity contribution in [3.8, 4) is 0 Å². The zero-order chi connectivity index (χ0) is 14.9. The summed E-state index contributed by atoms with van der Waals surface area (Å²) in [5.74, 6) is -0.160. The van der Waals surface area contributed by atoms with Gasteiger partial charge in [0, 0.05) is 12.6 Å². The maximum absolute atomic E-state index is 13.0. The molecule has 1 aliphatic rings. The SMILES string of the molecule is CCCNC(CCC1CCCCO1)Cc1ccc(F)cc1. The van der Waals surface area contributed by atoms with Crippen molar-refractivity contribution in [2.24, 2.45) is 0 Å². The lowest BCUT2D eigenvalue weighted by atomic mass is 9.97. The second kappa shape index (κ2) is 9.16. The molecule has 1 N–H and O–H groups in total. The van der Waals surface area contributed by atoms with E-state index in [-0.39, 0.29) is 5.82 Å². The van der Waals surface area contributed by atoms with Crippen molar-refractivity contribution >= 4 is 0 Å². The van der Waals surface area contributed by atoms with E-state index in [1.54, 1.807) is 12.1 Å². The Morgan fingerprint density at radius 3 is 2.76 bits per heavy atom. The largest absolute Gasteiger partial charge is 0.378 e. The van der Waals surface area contributed by atoms with Crippen LogP contribution in [0.2, 0.25) is 0 Å². The van der Waals surface area contributed by atoms with Gasteiger partial charge >= 0.3 is 0 Å². The topological polar surface area (TPSA) is 21.3 Å². The van der Waals surface area contributed by atoms with Crippen LogP contribution in [-0.4, -0.2) is 25.3 Å². The van der Waals surface area contributed by atoms with Gasteiger partial charge in [0.05, 0.1) is 6.10 Å². The minimum Gasteiger partial charge on any atom is -0.378 e. The maximum Gasteiger partial charge on any atom is 0.123 e. The Morgan fingerprint density at radius 2 is 2.10 bits per heavy atom. The third kappa shape index (κ3) is 6.15. The lowest BCUT2D eigenvalue weighted by Gasteiger charge is -2.25. The number of hydrogen-bond acceptors (Lipinski definition) is 2. The first-order valence-electron chi connectivity index (χ1n) is 8.37. The molecule has 2 unspecified atom stereocenters. The highest BCUT2D eigenvalue weighted by molar-refractivity contribution is 5.17. The van der Waals surface area contributed by atoms with Crippen molar-refractivity contribution in [1.82, 2.24) is 5.32 Å². The van der Waals surface area contributed by atoms with E-state index < -0.39 is 0 Å². The molecule has 1 heterocycles. The van der Waals surface area contributed by atoms with Gasteiger partial charge in [0.15, 0.2) is 0 Å².